The third-order valence-corrected chi connectivity index (χ3v) is 6.23. The van der Waals surface area contributed by atoms with Crippen molar-refractivity contribution in [3.8, 4) is 11.8 Å². The van der Waals surface area contributed by atoms with E-state index in [1.54, 1.807) is 6.92 Å². The molecule has 132 valence electrons. The summed E-state index contributed by atoms with van der Waals surface area (Å²) < 4.78 is 0. The molecule has 0 aliphatic rings. The molecule has 0 atom stereocenters. The van der Waals surface area contributed by atoms with E-state index < -0.39 is 7.92 Å². The molecule has 0 N–H and O–H groups in total. The summed E-state index contributed by atoms with van der Waals surface area (Å²) in [6.45, 7) is 1.57. The molecule has 0 saturated heterocycles. The van der Waals surface area contributed by atoms with Gasteiger partial charge in [0.1, 0.15) is 5.78 Å². The third kappa shape index (κ3) is 5.28. The Morgan fingerprint density at radius 1 is 0.808 bits per heavy atom. The van der Waals surface area contributed by atoms with Gasteiger partial charge in [0, 0.05) is 10.9 Å². The summed E-state index contributed by atoms with van der Waals surface area (Å²) in [6.07, 6.45) is 0.295. The van der Waals surface area contributed by atoms with E-state index in [0.29, 0.717) is 6.42 Å². The van der Waals surface area contributed by atoms with Gasteiger partial charge in [-0.1, -0.05) is 90.7 Å². The van der Waals surface area contributed by atoms with Gasteiger partial charge in [0.05, 0.1) is 6.42 Å². The summed E-state index contributed by atoms with van der Waals surface area (Å²) in [5.74, 6) is 6.32. The van der Waals surface area contributed by atoms with Crippen LogP contribution in [0.5, 0.6) is 0 Å². The molecule has 0 radical (unpaired) electrons. The Bertz CT molecular complexity index is 871. The molecule has 0 heterocycles. The average Bonchev–Trinajstić information content (AvgIpc) is 2.65. The van der Waals surface area contributed by atoms with E-state index in [1.807, 2.05) is 24.3 Å². The van der Waals surface area contributed by atoms with Crippen molar-refractivity contribution in [3.63, 3.8) is 0 Å². The third-order valence-electron chi connectivity index (χ3n) is 3.73. The maximum atomic E-state index is 11.2. The fourth-order valence-corrected chi connectivity index (χ4v) is 5.02. The van der Waals surface area contributed by atoms with Crippen molar-refractivity contribution in [3.05, 3.63) is 90.5 Å². The SMILES string of the molecule is CC(=O)CC#Cc1ccccc1P(c1ccccc1)c1ccccc1.[Au+]. The number of rotatable bonds is 4. The first-order valence-electron chi connectivity index (χ1n) is 8.23. The zero-order valence-electron chi connectivity index (χ0n) is 14.4. The van der Waals surface area contributed by atoms with E-state index in [2.05, 4.69) is 72.5 Å². The number of hydrogen-bond acceptors (Lipinski definition) is 1. The normalized spacial score (nSPS) is 9.77. The molecule has 0 bridgehead atoms. The number of carbonyl (C=O) groups is 1. The predicted octanol–water partition coefficient (Wildman–Crippen LogP) is 3.77. The monoisotopic (exact) mass is 539 g/mol. The van der Waals surface area contributed by atoms with Gasteiger partial charge in [-0.05, 0) is 31.5 Å². The summed E-state index contributed by atoms with van der Waals surface area (Å²) in [5.41, 5.74) is 1.00. The Hall–Kier alpha value is -1.94. The number of hydrogen-bond donors (Lipinski definition) is 0. The number of carbonyl (C=O) groups excluding carboxylic acids is 1. The molecule has 26 heavy (non-hydrogen) atoms. The van der Waals surface area contributed by atoms with E-state index in [-0.39, 0.29) is 28.2 Å². The molecule has 3 aromatic rings. The van der Waals surface area contributed by atoms with Gasteiger partial charge in [-0.25, -0.2) is 0 Å². The number of Topliss-reactive ketones (excluding diaryl/α,β-unsaturated/α-hetero) is 1. The molecule has 0 aliphatic heterocycles. The maximum Gasteiger partial charge on any atom is 1.00 e. The van der Waals surface area contributed by atoms with Crippen LogP contribution >= 0.6 is 7.92 Å². The van der Waals surface area contributed by atoms with Gasteiger partial charge in [-0.3, -0.25) is 4.79 Å². The minimum absolute atomic E-state index is 0. The van der Waals surface area contributed by atoms with E-state index in [0.717, 1.165) is 5.56 Å². The van der Waals surface area contributed by atoms with Crippen LogP contribution < -0.4 is 15.9 Å². The summed E-state index contributed by atoms with van der Waals surface area (Å²) >= 11 is 0. The second kappa shape index (κ2) is 10.3. The van der Waals surface area contributed by atoms with Crippen LogP contribution in [0.3, 0.4) is 0 Å². The molecule has 0 aromatic heterocycles. The Morgan fingerprint density at radius 3 is 1.85 bits per heavy atom. The van der Waals surface area contributed by atoms with E-state index in [1.165, 1.54) is 15.9 Å². The van der Waals surface area contributed by atoms with Crippen molar-refractivity contribution >= 4 is 29.6 Å². The Kier molecular flexibility index (Phi) is 8.05. The number of ketones is 1. The van der Waals surface area contributed by atoms with Crippen LogP contribution in [0.15, 0.2) is 84.9 Å². The second-order valence-corrected chi connectivity index (χ2v) is 7.89. The van der Waals surface area contributed by atoms with E-state index in [4.69, 9.17) is 0 Å². The predicted molar refractivity (Wildman–Crippen MR) is 107 cm³/mol. The van der Waals surface area contributed by atoms with Crippen molar-refractivity contribution in [1.29, 1.82) is 0 Å². The molecule has 1 nitrogen and oxygen atoms in total. The number of benzene rings is 3. The molecular formula is C23H19AuOP+. The first-order chi connectivity index (χ1) is 12.3. The van der Waals surface area contributed by atoms with Crippen molar-refractivity contribution in [2.45, 2.75) is 13.3 Å². The van der Waals surface area contributed by atoms with Gasteiger partial charge in [0.15, 0.2) is 0 Å². The molecule has 0 aliphatic carbocycles. The Labute approximate surface area is 172 Å². The van der Waals surface area contributed by atoms with Gasteiger partial charge >= 0.3 is 22.4 Å². The van der Waals surface area contributed by atoms with Crippen LogP contribution in [-0.4, -0.2) is 5.78 Å². The molecule has 0 saturated carbocycles. The zero-order valence-corrected chi connectivity index (χ0v) is 17.5. The molecule has 3 rings (SSSR count). The van der Waals surface area contributed by atoms with Gasteiger partial charge in [0.25, 0.3) is 0 Å². The fourth-order valence-electron chi connectivity index (χ4n) is 2.62. The first-order valence-corrected chi connectivity index (χ1v) is 9.57. The largest absolute Gasteiger partial charge is 1.00 e. The van der Waals surface area contributed by atoms with Crippen molar-refractivity contribution in [1.82, 2.24) is 0 Å². The van der Waals surface area contributed by atoms with Crippen LogP contribution in [0.25, 0.3) is 0 Å². The Morgan fingerprint density at radius 2 is 1.31 bits per heavy atom. The smallest absolute Gasteiger partial charge is 0.299 e. The van der Waals surface area contributed by atoms with Crippen LogP contribution in [0.1, 0.15) is 18.9 Å². The molecule has 0 unspecified atom stereocenters. The van der Waals surface area contributed by atoms with Crippen molar-refractivity contribution in [2.24, 2.45) is 0 Å². The minimum atomic E-state index is -0.686. The van der Waals surface area contributed by atoms with Gasteiger partial charge in [-0.2, -0.15) is 0 Å². The van der Waals surface area contributed by atoms with Crippen LogP contribution in [-0.2, 0) is 27.2 Å². The topological polar surface area (TPSA) is 17.1 Å². The van der Waals surface area contributed by atoms with Gasteiger partial charge < -0.3 is 0 Å². The summed E-state index contributed by atoms with van der Waals surface area (Å²) in [6, 6.07) is 29.4. The minimum Gasteiger partial charge on any atom is -0.299 e. The second-order valence-electron chi connectivity index (χ2n) is 5.70. The fraction of sp³-hybridized carbons (Fsp3) is 0.0870. The van der Waals surface area contributed by atoms with Gasteiger partial charge in [0.2, 0.25) is 0 Å². The molecule has 0 fully saturated rings. The van der Waals surface area contributed by atoms with Crippen molar-refractivity contribution in [2.75, 3.05) is 0 Å². The quantitative estimate of drug-likeness (QED) is 0.281. The van der Waals surface area contributed by atoms with Crippen LogP contribution in [0, 0.1) is 11.8 Å². The van der Waals surface area contributed by atoms with E-state index in [9.17, 15) is 4.79 Å². The zero-order chi connectivity index (χ0) is 17.5. The molecular weight excluding hydrogens is 520 g/mol. The molecule has 3 heteroatoms. The summed E-state index contributed by atoms with van der Waals surface area (Å²) in [7, 11) is -0.686. The summed E-state index contributed by atoms with van der Waals surface area (Å²) in [4.78, 5) is 11.2. The Balaban J connectivity index is 0.00000243. The first kappa shape index (κ1) is 20.4. The molecule has 0 amide bonds. The average molecular weight is 539 g/mol. The van der Waals surface area contributed by atoms with Crippen LogP contribution in [0.2, 0.25) is 0 Å². The standard InChI is InChI=1S/C23H19OP.Au/c1-19(24)11-10-13-20-12-8-9-18-23(20)25(21-14-4-2-5-15-21)22-16-6-3-7-17-22;/h2-9,12,14-18H,11H2,1H3;/q;+1. The van der Waals surface area contributed by atoms with Gasteiger partial charge in [-0.15, -0.1) is 0 Å². The van der Waals surface area contributed by atoms with Crippen LogP contribution in [0.4, 0.5) is 0 Å². The van der Waals surface area contributed by atoms with E-state index >= 15 is 0 Å². The molecule has 3 aromatic carbocycles. The maximum absolute atomic E-state index is 11.2. The molecule has 0 spiro atoms. The summed E-state index contributed by atoms with van der Waals surface area (Å²) in [5, 5.41) is 3.82. The van der Waals surface area contributed by atoms with Crippen molar-refractivity contribution < 1.29 is 27.2 Å².